The minimum atomic E-state index is -0.693. The fourth-order valence-electron chi connectivity index (χ4n) is 2.47. The van der Waals surface area contributed by atoms with Gasteiger partial charge >= 0.3 is 5.97 Å². The van der Waals surface area contributed by atoms with Crippen LogP contribution in [0.3, 0.4) is 0 Å². The Bertz CT molecular complexity index is 650. The summed E-state index contributed by atoms with van der Waals surface area (Å²) < 4.78 is 5.53. The summed E-state index contributed by atoms with van der Waals surface area (Å²) in [6.07, 6.45) is -0.0777. The average Bonchev–Trinajstić information content (AvgIpc) is 2.54. The molecule has 0 aromatic heterocycles. The fraction of sp³-hybridized carbons (Fsp3) is 0.438. The van der Waals surface area contributed by atoms with Crippen molar-refractivity contribution in [3.05, 3.63) is 28.2 Å². The normalized spacial score (nSPS) is 18.0. The molecule has 2 amide bonds. The Kier molecular flexibility index (Phi) is 6.33. The van der Waals surface area contributed by atoms with E-state index in [1.54, 1.807) is 4.90 Å². The van der Waals surface area contributed by atoms with Crippen molar-refractivity contribution in [1.82, 2.24) is 10.2 Å². The lowest BCUT2D eigenvalue weighted by Gasteiger charge is -2.33. The number of hydrogen-bond acceptors (Lipinski definition) is 5. The van der Waals surface area contributed by atoms with Crippen molar-refractivity contribution in [1.29, 1.82) is 0 Å². The van der Waals surface area contributed by atoms with Crippen molar-refractivity contribution >= 4 is 39.4 Å². The molecule has 0 aliphatic carbocycles. The molecule has 1 aromatic rings. The van der Waals surface area contributed by atoms with Crippen LogP contribution in [0.2, 0.25) is 0 Å². The Balaban J connectivity index is 2.00. The zero-order valence-corrected chi connectivity index (χ0v) is 15.2. The average molecular weight is 398 g/mol. The van der Waals surface area contributed by atoms with Crippen molar-refractivity contribution in [3.63, 3.8) is 0 Å². The summed E-state index contributed by atoms with van der Waals surface area (Å²) in [6.45, 7) is 2.93. The lowest BCUT2D eigenvalue weighted by atomic mass is 10.1. The molecular weight excluding hydrogens is 378 g/mol. The summed E-state index contributed by atoms with van der Waals surface area (Å²) in [7, 11) is 1.27. The van der Waals surface area contributed by atoms with Crippen molar-refractivity contribution in [2.45, 2.75) is 19.4 Å². The molecule has 0 bridgehead atoms. The minimum absolute atomic E-state index is 0.0283. The quantitative estimate of drug-likeness (QED) is 0.725. The van der Waals surface area contributed by atoms with Gasteiger partial charge in [-0.05, 0) is 24.6 Å². The van der Waals surface area contributed by atoms with E-state index >= 15 is 0 Å². The molecule has 1 atom stereocenters. The van der Waals surface area contributed by atoms with Crippen LogP contribution in [0.1, 0.15) is 12.0 Å². The summed E-state index contributed by atoms with van der Waals surface area (Å²) in [5.41, 5.74) is 1.74. The number of benzene rings is 1. The van der Waals surface area contributed by atoms with Crippen molar-refractivity contribution in [2.24, 2.45) is 0 Å². The molecule has 130 valence electrons. The second-order valence-corrected chi connectivity index (χ2v) is 6.42. The number of piperazine rings is 1. The summed E-state index contributed by atoms with van der Waals surface area (Å²) in [5.74, 6) is -0.988. The van der Waals surface area contributed by atoms with Crippen molar-refractivity contribution < 1.29 is 19.1 Å². The minimum Gasteiger partial charge on any atom is -0.469 e. The molecule has 2 N–H and O–H groups in total. The molecule has 0 saturated carbocycles. The molecular formula is C16H20BrN3O4. The standard InChI is InChI=1S/C16H20BrN3O4/c1-10-3-4-11(7-12(10)17)19-14(21)9-20-6-5-18-16(23)13(20)8-15(22)24-2/h3-4,7,13H,5-6,8-9H2,1-2H3,(H,18,23)(H,19,21)/t13-/m0/s1. The Hall–Kier alpha value is -1.93. The number of hydrogen-bond donors (Lipinski definition) is 2. The first-order valence-corrected chi connectivity index (χ1v) is 8.34. The Morgan fingerprint density at radius 3 is 2.88 bits per heavy atom. The van der Waals surface area contributed by atoms with Crippen LogP contribution in [0.25, 0.3) is 0 Å². The lowest BCUT2D eigenvalue weighted by molar-refractivity contribution is -0.146. The number of nitrogens with one attached hydrogen (secondary N) is 2. The Morgan fingerprint density at radius 2 is 2.21 bits per heavy atom. The highest BCUT2D eigenvalue weighted by atomic mass is 79.9. The number of nitrogens with zero attached hydrogens (tertiary/aromatic N) is 1. The highest BCUT2D eigenvalue weighted by Gasteiger charge is 2.33. The molecule has 1 aliphatic rings. The molecule has 8 heteroatoms. The number of carbonyl (C=O) groups is 3. The van der Waals surface area contributed by atoms with E-state index in [4.69, 9.17) is 0 Å². The van der Waals surface area contributed by atoms with Gasteiger partial charge in [-0.3, -0.25) is 19.3 Å². The Morgan fingerprint density at radius 1 is 1.46 bits per heavy atom. The molecule has 0 unspecified atom stereocenters. The molecule has 0 spiro atoms. The van der Waals surface area contributed by atoms with E-state index in [0.29, 0.717) is 18.8 Å². The molecule has 1 saturated heterocycles. The van der Waals surface area contributed by atoms with Gasteiger partial charge in [0.15, 0.2) is 0 Å². The van der Waals surface area contributed by atoms with Crippen LogP contribution in [0.4, 0.5) is 5.69 Å². The largest absolute Gasteiger partial charge is 0.469 e. The Labute approximate surface area is 148 Å². The van der Waals surface area contributed by atoms with Crippen LogP contribution in [-0.4, -0.2) is 55.5 Å². The van der Waals surface area contributed by atoms with Crippen LogP contribution < -0.4 is 10.6 Å². The maximum absolute atomic E-state index is 12.3. The number of methoxy groups -OCH3 is 1. The maximum atomic E-state index is 12.3. The first-order valence-electron chi connectivity index (χ1n) is 7.55. The van der Waals surface area contributed by atoms with Gasteiger partial charge in [0.05, 0.1) is 20.1 Å². The lowest BCUT2D eigenvalue weighted by Crippen LogP contribution is -2.57. The van der Waals surface area contributed by atoms with Gasteiger partial charge in [0, 0.05) is 23.2 Å². The molecule has 7 nitrogen and oxygen atoms in total. The van der Waals surface area contributed by atoms with Gasteiger partial charge in [-0.15, -0.1) is 0 Å². The zero-order chi connectivity index (χ0) is 17.7. The molecule has 1 aromatic carbocycles. The third-order valence-corrected chi connectivity index (χ3v) is 4.69. The van der Waals surface area contributed by atoms with Gasteiger partial charge in [0.2, 0.25) is 11.8 Å². The number of rotatable bonds is 5. The van der Waals surface area contributed by atoms with Crippen LogP contribution in [-0.2, 0) is 19.1 Å². The molecule has 24 heavy (non-hydrogen) atoms. The predicted molar refractivity (Wildman–Crippen MR) is 92.5 cm³/mol. The SMILES string of the molecule is COC(=O)C[C@H]1C(=O)NCCN1CC(=O)Nc1ccc(C)c(Br)c1. The molecule has 1 aliphatic heterocycles. The van der Waals surface area contributed by atoms with E-state index in [9.17, 15) is 14.4 Å². The smallest absolute Gasteiger partial charge is 0.307 e. The summed E-state index contributed by atoms with van der Waals surface area (Å²) in [4.78, 5) is 37.4. The maximum Gasteiger partial charge on any atom is 0.307 e. The first-order chi connectivity index (χ1) is 11.4. The van der Waals surface area contributed by atoms with Gasteiger partial charge in [-0.1, -0.05) is 22.0 Å². The molecule has 1 fully saturated rings. The highest BCUT2D eigenvalue weighted by molar-refractivity contribution is 9.10. The monoisotopic (exact) mass is 397 g/mol. The van der Waals surface area contributed by atoms with Gasteiger partial charge in [-0.25, -0.2) is 0 Å². The summed E-state index contributed by atoms with van der Waals surface area (Å²) in [5, 5.41) is 5.50. The van der Waals surface area contributed by atoms with E-state index in [-0.39, 0.29) is 24.8 Å². The van der Waals surface area contributed by atoms with E-state index in [1.807, 2.05) is 25.1 Å². The van der Waals surface area contributed by atoms with Crippen LogP contribution in [0.5, 0.6) is 0 Å². The number of aryl methyl sites for hydroxylation is 1. The van der Waals surface area contributed by atoms with Gasteiger partial charge in [0.1, 0.15) is 6.04 Å². The van der Waals surface area contributed by atoms with Crippen molar-refractivity contribution in [3.8, 4) is 0 Å². The fourth-order valence-corrected chi connectivity index (χ4v) is 2.85. The second kappa shape index (κ2) is 8.25. The second-order valence-electron chi connectivity index (χ2n) is 5.57. The van der Waals surface area contributed by atoms with E-state index < -0.39 is 12.0 Å². The third-order valence-electron chi connectivity index (χ3n) is 3.83. The molecule has 1 heterocycles. The van der Waals surface area contributed by atoms with E-state index in [1.165, 1.54) is 7.11 Å². The first kappa shape index (κ1) is 18.4. The van der Waals surface area contributed by atoms with E-state index in [0.717, 1.165) is 10.0 Å². The molecule has 0 radical (unpaired) electrons. The van der Waals surface area contributed by atoms with Crippen molar-refractivity contribution in [2.75, 3.05) is 32.1 Å². The number of halogens is 1. The van der Waals surface area contributed by atoms with Crippen LogP contribution in [0, 0.1) is 6.92 Å². The van der Waals surface area contributed by atoms with Crippen LogP contribution in [0.15, 0.2) is 22.7 Å². The van der Waals surface area contributed by atoms with Gasteiger partial charge in [-0.2, -0.15) is 0 Å². The third kappa shape index (κ3) is 4.78. The summed E-state index contributed by atoms with van der Waals surface area (Å²) in [6, 6.07) is 4.84. The number of esters is 1. The topological polar surface area (TPSA) is 87.7 Å². The van der Waals surface area contributed by atoms with Gasteiger partial charge < -0.3 is 15.4 Å². The highest BCUT2D eigenvalue weighted by Crippen LogP contribution is 2.20. The number of anilines is 1. The predicted octanol–water partition coefficient (Wildman–Crippen LogP) is 1.06. The molecule has 2 rings (SSSR count). The van der Waals surface area contributed by atoms with Crippen LogP contribution >= 0.6 is 15.9 Å². The zero-order valence-electron chi connectivity index (χ0n) is 13.6. The number of carbonyl (C=O) groups excluding carboxylic acids is 3. The van der Waals surface area contributed by atoms with Gasteiger partial charge in [0.25, 0.3) is 0 Å². The number of amides is 2. The van der Waals surface area contributed by atoms with E-state index in [2.05, 4.69) is 31.3 Å². The summed E-state index contributed by atoms with van der Waals surface area (Å²) >= 11 is 3.42. The number of ether oxygens (including phenoxy) is 1.